The van der Waals surface area contributed by atoms with Gasteiger partial charge in [-0.3, -0.25) is 0 Å². The summed E-state index contributed by atoms with van der Waals surface area (Å²) in [5.41, 5.74) is 0. The minimum atomic E-state index is 0.826. The number of quaternary nitrogens is 1. The second kappa shape index (κ2) is 2.92. The van der Waals surface area contributed by atoms with Crippen molar-refractivity contribution in [1.29, 1.82) is 0 Å². The van der Waals surface area contributed by atoms with Crippen LogP contribution in [0.5, 0.6) is 0 Å². The van der Waals surface area contributed by atoms with Crippen LogP contribution in [0.2, 0.25) is 0 Å². The quantitative estimate of drug-likeness (QED) is 0.353. The first kappa shape index (κ1) is 7.84. The van der Waals surface area contributed by atoms with Gasteiger partial charge in [0, 0.05) is 25.9 Å². The number of alkyl halides is 1. The number of nitrogens with one attached hydrogen (secondary N) is 1. The molecule has 0 spiro atoms. The van der Waals surface area contributed by atoms with E-state index in [-0.39, 0.29) is 0 Å². The van der Waals surface area contributed by atoms with E-state index in [0.717, 1.165) is 18.6 Å². The molecule has 2 rings (SSSR count). The minimum Gasteiger partial charge on any atom is -0.311 e. The van der Waals surface area contributed by atoms with Crippen molar-refractivity contribution in [3.05, 3.63) is 0 Å². The Kier molecular flexibility index (Phi) is 2.08. The van der Waals surface area contributed by atoms with Crippen LogP contribution in [0.3, 0.4) is 0 Å². The predicted molar refractivity (Wildman–Crippen MR) is 46.6 cm³/mol. The number of nitrogens with zero attached hydrogens (tertiary/aromatic N) is 1. The Hall–Kier alpha value is 0.210. The highest BCUT2D eigenvalue weighted by Gasteiger charge is 2.45. The molecular formula is C8H16ClN2+. The predicted octanol–water partition coefficient (Wildman–Crippen LogP) is 0.765. The average molecular weight is 176 g/mol. The number of fused-ring (bicyclic) bond motifs is 1. The van der Waals surface area contributed by atoms with E-state index in [1.165, 1.54) is 37.0 Å². The van der Waals surface area contributed by atoms with Crippen molar-refractivity contribution in [2.24, 2.45) is 0 Å². The first-order valence-electron chi connectivity index (χ1n) is 4.50. The van der Waals surface area contributed by atoms with Crippen molar-refractivity contribution in [1.82, 2.24) is 5.32 Å². The molecule has 0 aromatic heterocycles. The van der Waals surface area contributed by atoms with E-state index in [1.54, 1.807) is 0 Å². The molecule has 11 heavy (non-hydrogen) atoms. The number of hydrogen-bond acceptors (Lipinski definition) is 1. The van der Waals surface area contributed by atoms with E-state index < -0.39 is 0 Å². The lowest BCUT2D eigenvalue weighted by Gasteiger charge is -2.50. The van der Waals surface area contributed by atoms with Crippen LogP contribution in [0.15, 0.2) is 0 Å². The Morgan fingerprint density at radius 2 is 2.18 bits per heavy atom. The van der Waals surface area contributed by atoms with Gasteiger partial charge < -0.3 is 9.80 Å². The van der Waals surface area contributed by atoms with E-state index in [1.807, 2.05) is 0 Å². The summed E-state index contributed by atoms with van der Waals surface area (Å²) in [5.74, 6) is 0. The second-order valence-electron chi connectivity index (χ2n) is 3.77. The van der Waals surface area contributed by atoms with Crippen LogP contribution in [0.25, 0.3) is 0 Å². The van der Waals surface area contributed by atoms with Crippen molar-refractivity contribution in [2.75, 3.05) is 32.2 Å². The van der Waals surface area contributed by atoms with Gasteiger partial charge in [0.2, 0.25) is 0 Å². The lowest BCUT2D eigenvalue weighted by Crippen LogP contribution is -2.64. The number of halogens is 1. The Balaban J connectivity index is 2.04. The molecule has 0 radical (unpaired) electrons. The molecule has 0 aromatic rings. The fourth-order valence-corrected chi connectivity index (χ4v) is 2.74. The third kappa shape index (κ3) is 1.17. The summed E-state index contributed by atoms with van der Waals surface area (Å²) in [6.07, 6.45) is 2.72. The first-order chi connectivity index (χ1) is 5.37. The lowest BCUT2D eigenvalue weighted by atomic mass is 9.96. The molecule has 3 heteroatoms. The van der Waals surface area contributed by atoms with Crippen molar-refractivity contribution in [2.45, 2.75) is 18.9 Å². The van der Waals surface area contributed by atoms with Gasteiger partial charge in [0.25, 0.3) is 0 Å². The molecular weight excluding hydrogens is 160 g/mol. The van der Waals surface area contributed by atoms with Crippen LogP contribution >= 0.6 is 11.6 Å². The van der Waals surface area contributed by atoms with Gasteiger partial charge in [-0.05, 0) is 0 Å². The molecule has 64 valence electrons. The minimum absolute atomic E-state index is 0.826. The van der Waals surface area contributed by atoms with Gasteiger partial charge in [-0.25, -0.2) is 0 Å². The van der Waals surface area contributed by atoms with Crippen LogP contribution in [0, 0.1) is 0 Å². The molecule has 2 saturated heterocycles. The molecule has 2 unspecified atom stereocenters. The lowest BCUT2D eigenvalue weighted by molar-refractivity contribution is -0.978. The summed E-state index contributed by atoms with van der Waals surface area (Å²) >= 11 is 5.98. The molecule has 0 aromatic carbocycles. The zero-order valence-corrected chi connectivity index (χ0v) is 7.61. The summed E-state index contributed by atoms with van der Waals surface area (Å²) in [7, 11) is 0. The summed E-state index contributed by atoms with van der Waals surface area (Å²) in [6, 6.07) is 1.70. The molecule has 2 atom stereocenters. The normalized spacial score (nSPS) is 43.9. The van der Waals surface area contributed by atoms with Gasteiger partial charge in [-0.2, -0.15) is 0 Å². The molecule has 2 heterocycles. The van der Waals surface area contributed by atoms with Crippen LogP contribution < -0.4 is 5.32 Å². The maximum absolute atomic E-state index is 5.98. The van der Waals surface area contributed by atoms with Gasteiger partial charge in [0.15, 0.2) is 6.00 Å². The molecule has 0 amide bonds. The van der Waals surface area contributed by atoms with Crippen LogP contribution in [0.1, 0.15) is 12.8 Å². The second-order valence-corrected chi connectivity index (χ2v) is 4.01. The van der Waals surface area contributed by atoms with E-state index in [2.05, 4.69) is 5.32 Å². The number of rotatable bonds is 1. The molecule has 1 N–H and O–H groups in total. The topological polar surface area (TPSA) is 12.0 Å². The summed E-state index contributed by atoms with van der Waals surface area (Å²) in [4.78, 5) is 0. The highest BCUT2D eigenvalue weighted by molar-refractivity contribution is 6.17. The fraction of sp³-hybridized carbons (Fsp3) is 1.00. The average Bonchev–Trinajstić information content (AvgIpc) is 2.13. The van der Waals surface area contributed by atoms with E-state index in [9.17, 15) is 0 Å². The zero-order valence-electron chi connectivity index (χ0n) is 6.85. The summed E-state index contributed by atoms with van der Waals surface area (Å²) < 4.78 is 1.19. The van der Waals surface area contributed by atoms with E-state index >= 15 is 0 Å². The highest BCUT2D eigenvalue weighted by atomic mass is 35.5. The Morgan fingerprint density at radius 3 is 2.82 bits per heavy atom. The van der Waals surface area contributed by atoms with Crippen molar-refractivity contribution in [3.63, 3.8) is 0 Å². The van der Waals surface area contributed by atoms with Crippen LogP contribution in [0.4, 0.5) is 0 Å². The third-order valence-corrected chi connectivity index (χ3v) is 3.78. The highest BCUT2D eigenvalue weighted by Crippen LogP contribution is 2.31. The molecule has 2 nitrogen and oxygen atoms in total. The molecule has 2 aliphatic heterocycles. The van der Waals surface area contributed by atoms with Gasteiger partial charge in [0.1, 0.15) is 0 Å². The standard InChI is InChI=1S/C8H16ClN2/c9-7-11-5-2-8(11)1-3-10-4-6-11/h8,10H,1-7H2/q+1. The molecule has 0 saturated carbocycles. The third-order valence-electron chi connectivity index (χ3n) is 3.31. The maximum atomic E-state index is 5.98. The van der Waals surface area contributed by atoms with E-state index in [0.29, 0.717) is 0 Å². The molecule has 2 fully saturated rings. The van der Waals surface area contributed by atoms with Gasteiger partial charge in [0.05, 0.1) is 19.1 Å². The first-order valence-corrected chi connectivity index (χ1v) is 5.03. The van der Waals surface area contributed by atoms with Crippen molar-refractivity contribution in [3.8, 4) is 0 Å². The Bertz CT molecular complexity index is 147. The van der Waals surface area contributed by atoms with Crippen LogP contribution in [-0.4, -0.2) is 42.7 Å². The van der Waals surface area contributed by atoms with Gasteiger partial charge in [-0.15, -0.1) is 0 Å². The summed E-state index contributed by atoms with van der Waals surface area (Å²) in [6.45, 7) is 4.91. The SMILES string of the molecule is ClC[N+]12CCNCCC1CC2. The monoisotopic (exact) mass is 175 g/mol. The molecule has 0 aliphatic carbocycles. The largest absolute Gasteiger partial charge is 0.311 e. The Morgan fingerprint density at radius 1 is 1.27 bits per heavy atom. The maximum Gasteiger partial charge on any atom is 0.155 e. The van der Waals surface area contributed by atoms with Gasteiger partial charge >= 0.3 is 0 Å². The van der Waals surface area contributed by atoms with Crippen molar-refractivity contribution < 1.29 is 4.48 Å². The summed E-state index contributed by atoms with van der Waals surface area (Å²) in [5, 5.41) is 3.43. The molecule has 2 aliphatic rings. The van der Waals surface area contributed by atoms with Crippen LogP contribution in [-0.2, 0) is 0 Å². The molecule has 0 bridgehead atoms. The van der Waals surface area contributed by atoms with E-state index in [4.69, 9.17) is 11.6 Å². The van der Waals surface area contributed by atoms with Crippen molar-refractivity contribution >= 4 is 11.6 Å². The zero-order chi connectivity index (χ0) is 7.73. The van der Waals surface area contributed by atoms with Gasteiger partial charge in [-0.1, -0.05) is 11.6 Å². The smallest absolute Gasteiger partial charge is 0.155 e. The Labute approximate surface area is 73.1 Å². The number of hydrogen-bond donors (Lipinski definition) is 1. The fourth-order valence-electron chi connectivity index (χ4n) is 2.30.